The predicted octanol–water partition coefficient (Wildman–Crippen LogP) is 5.48. The van der Waals surface area contributed by atoms with Gasteiger partial charge in [0.05, 0.1) is 0 Å². The molecule has 0 nitrogen and oxygen atoms in total. The van der Waals surface area contributed by atoms with Gasteiger partial charge in [-0.1, -0.05) is 70.5 Å². The largest absolute Gasteiger partial charge is 0.0654 e. The number of unbranched alkanes of at least 4 members (excludes halogenated alkanes) is 1. The van der Waals surface area contributed by atoms with Crippen molar-refractivity contribution in [3.8, 4) is 0 Å². The van der Waals surface area contributed by atoms with Crippen LogP contribution in [0.4, 0.5) is 0 Å². The van der Waals surface area contributed by atoms with Crippen molar-refractivity contribution in [3.05, 3.63) is 47.5 Å². The van der Waals surface area contributed by atoms with Gasteiger partial charge in [0.2, 0.25) is 0 Å². The summed E-state index contributed by atoms with van der Waals surface area (Å²) in [5.74, 6) is 0. The van der Waals surface area contributed by atoms with Crippen LogP contribution in [0, 0.1) is 0 Å². The molecule has 0 unspecified atom stereocenters. The Bertz CT molecular complexity index is 529. The molecule has 2 rings (SSSR count). The van der Waals surface area contributed by atoms with Crippen LogP contribution in [-0.4, -0.2) is 0 Å². The standard InChI is InChI=1S/C18H24/c1-5-6-7-14-8-9-16-13-17(18(2,3)4)11-10-15(16)12-14/h8-13H,5-7H2,1-4H3. The molecule has 0 aromatic heterocycles. The Balaban J connectivity index is 2.36. The minimum absolute atomic E-state index is 0.231. The van der Waals surface area contributed by atoms with E-state index in [0.717, 1.165) is 0 Å². The van der Waals surface area contributed by atoms with E-state index >= 15 is 0 Å². The van der Waals surface area contributed by atoms with Crippen molar-refractivity contribution < 1.29 is 0 Å². The molecule has 0 heterocycles. The first-order valence-electron chi connectivity index (χ1n) is 7.04. The quantitative estimate of drug-likeness (QED) is 0.666. The Morgan fingerprint density at radius 3 is 2.22 bits per heavy atom. The normalized spacial score (nSPS) is 12.0. The Kier molecular flexibility index (Phi) is 3.75. The monoisotopic (exact) mass is 240 g/mol. The lowest BCUT2D eigenvalue weighted by Crippen LogP contribution is -2.10. The number of hydrogen-bond acceptors (Lipinski definition) is 0. The van der Waals surface area contributed by atoms with Gasteiger partial charge >= 0.3 is 0 Å². The number of rotatable bonds is 3. The number of hydrogen-bond donors (Lipinski definition) is 0. The van der Waals surface area contributed by atoms with Gasteiger partial charge in [0.15, 0.2) is 0 Å². The van der Waals surface area contributed by atoms with Crippen LogP contribution in [0.5, 0.6) is 0 Å². The van der Waals surface area contributed by atoms with E-state index in [1.54, 1.807) is 0 Å². The summed E-state index contributed by atoms with van der Waals surface area (Å²) in [6.45, 7) is 9.05. The highest BCUT2D eigenvalue weighted by molar-refractivity contribution is 5.84. The minimum atomic E-state index is 0.231. The first kappa shape index (κ1) is 13.1. The van der Waals surface area contributed by atoms with E-state index in [1.807, 2.05) is 0 Å². The molecule has 0 spiro atoms. The van der Waals surface area contributed by atoms with Gasteiger partial charge in [0.1, 0.15) is 0 Å². The van der Waals surface area contributed by atoms with Crippen LogP contribution in [-0.2, 0) is 11.8 Å². The van der Waals surface area contributed by atoms with Crippen molar-refractivity contribution in [1.82, 2.24) is 0 Å². The second-order valence-electron chi connectivity index (χ2n) is 6.25. The maximum Gasteiger partial charge on any atom is -0.0132 e. The predicted molar refractivity (Wildman–Crippen MR) is 81.3 cm³/mol. The van der Waals surface area contributed by atoms with Gasteiger partial charge in [-0.2, -0.15) is 0 Å². The third-order valence-electron chi connectivity index (χ3n) is 3.59. The molecular weight excluding hydrogens is 216 g/mol. The van der Waals surface area contributed by atoms with Crippen LogP contribution in [0.15, 0.2) is 36.4 Å². The van der Waals surface area contributed by atoms with Gasteiger partial charge in [-0.25, -0.2) is 0 Å². The van der Waals surface area contributed by atoms with E-state index in [4.69, 9.17) is 0 Å². The fraction of sp³-hybridized carbons (Fsp3) is 0.444. The number of aryl methyl sites for hydroxylation is 1. The lowest BCUT2D eigenvalue weighted by atomic mass is 9.86. The van der Waals surface area contributed by atoms with Crippen molar-refractivity contribution in [2.45, 2.75) is 52.4 Å². The maximum atomic E-state index is 2.34. The van der Waals surface area contributed by atoms with E-state index in [9.17, 15) is 0 Å². The van der Waals surface area contributed by atoms with E-state index < -0.39 is 0 Å². The molecule has 0 aliphatic carbocycles. The smallest absolute Gasteiger partial charge is 0.0132 e. The molecule has 0 saturated heterocycles. The van der Waals surface area contributed by atoms with E-state index in [1.165, 1.54) is 41.2 Å². The molecule has 2 aromatic rings. The molecule has 0 radical (unpaired) electrons. The highest BCUT2D eigenvalue weighted by Crippen LogP contribution is 2.26. The molecule has 0 atom stereocenters. The molecule has 0 fully saturated rings. The Hall–Kier alpha value is -1.30. The fourth-order valence-electron chi connectivity index (χ4n) is 2.30. The molecule has 0 saturated carbocycles. The highest BCUT2D eigenvalue weighted by atomic mass is 14.2. The van der Waals surface area contributed by atoms with E-state index in [2.05, 4.69) is 64.1 Å². The van der Waals surface area contributed by atoms with Crippen LogP contribution in [0.3, 0.4) is 0 Å². The molecule has 2 aromatic carbocycles. The lowest BCUT2D eigenvalue weighted by Gasteiger charge is -2.19. The summed E-state index contributed by atoms with van der Waals surface area (Å²) in [5.41, 5.74) is 3.11. The highest BCUT2D eigenvalue weighted by Gasteiger charge is 2.13. The molecule has 0 aliphatic rings. The third-order valence-corrected chi connectivity index (χ3v) is 3.59. The van der Waals surface area contributed by atoms with Gasteiger partial charge in [0, 0.05) is 0 Å². The van der Waals surface area contributed by atoms with Gasteiger partial charge in [-0.15, -0.1) is 0 Å². The summed E-state index contributed by atoms with van der Waals surface area (Å²) in [7, 11) is 0. The van der Waals surface area contributed by atoms with Gasteiger partial charge in [-0.05, 0) is 40.2 Å². The molecule has 0 bridgehead atoms. The van der Waals surface area contributed by atoms with Gasteiger partial charge < -0.3 is 0 Å². The SMILES string of the molecule is CCCCc1ccc2cc(C(C)(C)C)ccc2c1. The molecule has 0 aliphatic heterocycles. The first-order valence-corrected chi connectivity index (χ1v) is 7.04. The average Bonchev–Trinajstić information content (AvgIpc) is 2.34. The molecule has 0 amide bonds. The number of benzene rings is 2. The second-order valence-corrected chi connectivity index (χ2v) is 6.25. The molecular formula is C18H24. The van der Waals surface area contributed by atoms with Crippen LogP contribution in [0.25, 0.3) is 10.8 Å². The van der Waals surface area contributed by atoms with Gasteiger partial charge in [-0.3, -0.25) is 0 Å². The molecule has 18 heavy (non-hydrogen) atoms. The van der Waals surface area contributed by atoms with E-state index in [0.29, 0.717) is 0 Å². The summed E-state index contributed by atoms with van der Waals surface area (Å²) in [6.07, 6.45) is 3.75. The Morgan fingerprint density at radius 2 is 1.56 bits per heavy atom. The summed E-state index contributed by atoms with van der Waals surface area (Å²) >= 11 is 0. The first-order chi connectivity index (χ1) is 8.50. The van der Waals surface area contributed by atoms with Gasteiger partial charge in [0.25, 0.3) is 0 Å². The Labute approximate surface area is 111 Å². The van der Waals surface area contributed by atoms with Crippen molar-refractivity contribution in [2.24, 2.45) is 0 Å². The summed E-state index contributed by atoms with van der Waals surface area (Å²) in [6, 6.07) is 13.8. The minimum Gasteiger partial charge on any atom is -0.0654 e. The van der Waals surface area contributed by atoms with Crippen LogP contribution in [0.1, 0.15) is 51.7 Å². The zero-order chi connectivity index (χ0) is 13.2. The second kappa shape index (κ2) is 5.14. The van der Waals surface area contributed by atoms with Crippen molar-refractivity contribution >= 4 is 10.8 Å². The van der Waals surface area contributed by atoms with E-state index in [-0.39, 0.29) is 5.41 Å². The molecule has 0 N–H and O–H groups in total. The third kappa shape index (κ3) is 2.93. The fourth-order valence-corrected chi connectivity index (χ4v) is 2.30. The van der Waals surface area contributed by atoms with Crippen molar-refractivity contribution in [3.63, 3.8) is 0 Å². The zero-order valence-corrected chi connectivity index (χ0v) is 12.1. The van der Waals surface area contributed by atoms with Crippen LogP contribution in [0.2, 0.25) is 0 Å². The summed E-state index contributed by atoms with van der Waals surface area (Å²) in [5, 5.41) is 2.74. The Morgan fingerprint density at radius 1 is 0.889 bits per heavy atom. The summed E-state index contributed by atoms with van der Waals surface area (Å²) in [4.78, 5) is 0. The number of fused-ring (bicyclic) bond motifs is 1. The lowest BCUT2D eigenvalue weighted by molar-refractivity contribution is 0.591. The molecule has 0 heteroatoms. The topological polar surface area (TPSA) is 0 Å². The van der Waals surface area contributed by atoms with Crippen molar-refractivity contribution in [2.75, 3.05) is 0 Å². The molecule has 96 valence electrons. The average molecular weight is 240 g/mol. The zero-order valence-electron chi connectivity index (χ0n) is 12.1. The maximum absolute atomic E-state index is 2.34. The van der Waals surface area contributed by atoms with Crippen LogP contribution >= 0.6 is 0 Å². The summed E-state index contributed by atoms with van der Waals surface area (Å²) < 4.78 is 0. The van der Waals surface area contributed by atoms with Crippen LogP contribution < -0.4 is 0 Å². The van der Waals surface area contributed by atoms with Crippen molar-refractivity contribution in [1.29, 1.82) is 0 Å².